The Bertz CT molecular complexity index is 1160. The highest BCUT2D eigenvalue weighted by Gasteiger charge is 2.83. The molecule has 0 amide bonds. The summed E-state index contributed by atoms with van der Waals surface area (Å²) < 4.78 is 141. The number of hydrogen-bond acceptors (Lipinski definition) is 4. The molecule has 204 valence electrons. The molecule has 0 bridgehead atoms. The Morgan fingerprint density at radius 2 is 1.53 bits per heavy atom. The van der Waals surface area contributed by atoms with Crippen LogP contribution in [0.4, 0.5) is 39.5 Å². The molecule has 0 N–H and O–H groups in total. The van der Waals surface area contributed by atoms with Gasteiger partial charge in [-0.25, -0.2) is 8.42 Å². The van der Waals surface area contributed by atoms with E-state index in [1.165, 1.54) is 34.3 Å². The lowest BCUT2D eigenvalue weighted by Gasteiger charge is -2.34. The predicted molar refractivity (Wildman–Crippen MR) is 116 cm³/mol. The fourth-order valence-electron chi connectivity index (χ4n) is 3.39. The van der Waals surface area contributed by atoms with Crippen molar-refractivity contribution in [2.24, 2.45) is 0 Å². The van der Waals surface area contributed by atoms with E-state index < -0.39 is 33.4 Å². The SMILES string of the molecule is CC(C)Oc1ccc2ccccc2c1C1CC[SH+]C1.O=S(=O)([O-])C(F)(F)C(F)(F)C(F)(F)C(F)(F)F. The van der Waals surface area contributed by atoms with E-state index in [9.17, 15) is 52.5 Å². The van der Waals surface area contributed by atoms with Crippen LogP contribution >= 0.6 is 0 Å². The van der Waals surface area contributed by atoms with E-state index in [-0.39, 0.29) is 6.10 Å². The van der Waals surface area contributed by atoms with Crippen molar-refractivity contribution in [2.75, 3.05) is 11.5 Å². The predicted octanol–water partition coefficient (Wildman–Crippen LogP) is 5.89. The minimum Gasteiger partial charge on any atom is -0.743 e. The van der Waals surface area contributed by atoms with Gasteiger partial charge in [0.1, 0.15) is 17.3 Å². The molecule has 0 aromatic heterocycles. The molecular formula is C21H21F9O4S2. The van der Waals surface area contributed by atoms with E-state index in [1.54, 1.807) is 11.8 Å². The van der Waals surface area contributed by atoms with Gasteiger partial charge in [0.15, 0.2) is 10.1 Å². The van der Waals surface area contributed by atoms with Crippen LogP contribution in [-0.2, 0) is 21.9 Å². The maximum absolute atomic E-state index is 12.2. The van der Waals surface area contributed by atoms with Crippen molar-refractivity contribution in [1.29, 1.82) is 0 Å². The van der Waals surface area contributed by atoms with Crippen molar-refractivity contribution < 1.29 is 57.2 Å². The first kappa shape index (κ1) is 30.4. The van der Waals surface area contributed by atoms with Gasteiger partial charge >= 0.3 is 23.3 Å². The summed E-state index contributed by atoms with van der Waals surface area (Å²) in [7, 11) is -7.42. The topological polar surface area (TPSA) is 66.4 Å². The zero-order chi connectivity index (χ0) is 27.7. The number of ether oxygens (including phenoxy) is 1. The van der Waals surface area contributed by atoms with Crippen molar-refractivity contribution >= 4 is 32.7 Å². The molecular weight excluding hydrogens is 551 g/mol. The lowest BCUT2D eigenvalue weighted by atomic mass is 9.92. The summed E-state index contributed by atoms with van der Waals surface area (Å²) in [5, 5.41) is -4.40. The standard InChI is InChI=1S/C17H20OS.C4HF9O3S/c1-12(2)18-16-8-7-13-5-3-4-6-15(13)17(16)14-9-10-19-11-14;5-1(6,3(9,10)11)2(7,8)4(12,13)17(14,15)16/h3-8,12,14H,9-11H2,1-2H3;(H,14,15,16). The van der Waals surface area contributed by atoms with Gasteiger partial charge in [0.2, 0.25) is 0 Å². The number of fused-ring (bicyclic) bond motifs is 1. The summed E-state index contributed by atoms with van der Waals surface area (Å²) in [6, 6.07) is 13.0. The summed E-state index contributed by atoms with van der Waals surface area (Å²) in [4.78, 5) is 0. The van der Waals surface area contributed by atoms with Crippen LogP contribution < -0.4 is 4.74 Å². The van der Waals surface area contributed by atoms with Gasteiger partial charge in [-0.1, -0.05) is 30.3 Å². The zero-order valence-electron chi connectivity index (χ0n) is 18.6. The lowest BCUT2D eigenvalue weighted by Crippen LogP contribution is -2.63. The number of alkyl halides is 9. The third kappa shape index (κ3) is 5.82. The first-order valence-corrected chi connectivity index (χ1v) is 12.9. The molecule has 3 rings (SSSR count). The Labute approximate surface area is 204 Å². The number of benzene rings is 2. The Morgan fingerprint density at radius 1 is 0.944 bits per heavy atom. The zero-order valence-corrected chi connectivity index (χ0v) is 20.3. The number of rotatable bonds is 6. The molecule has 0 spiro atoms. The van der Waals surface area contributed by atoms with E-state index in [0.717, 1.165) is 5.75 Å². The van der Waals surface area contributed by atoms with Crippen LogP contribution in [0.5, 0.6) is 5.75 Å². The van der Waals surface area contributed by atoms with Crippen molar-refractivity contribution in [2.45, 2.75) is 55.6 Å². The van der Waals surface area contributed by atoms with Crippen LogP contribution in [0, 0.1) is 0 Å². The molecule has 1 heterocycles. The summed E-state index contributed by atoms with van der Waals surface area (Å²) in [6.45, 7) is 4.21. The first-order valence-electron chi connectivity index (χ1n) is 10.2. The maximum Gasteiger partial charge on any atom is 0.460 e. The van der Waals surface area contributed by atoms with Crippen molar-refractivity contribution in [1.82, 2.24) is 0 Å². The summed E-state index contributed by atoms with van der Waals surface area (Å²) in [5.74, 6) is -10.4. The average molecular weight is 573 g/mol. The smallest absolute Gasteiger partial charge is 0.460 e. The van der Waals surface area contributed by atoms with Gasteiger partial charge in [-0.05, 0) is 42.4 Å². The monoisotopic (exact) mass is 572 g/mol. The largest absolute Gasteiger partial charge is 0.743 e. The molecule has 1 saturated heterocycles. The average Bonchev–Trinajstić information content (AvgIpc) is 3.26. The summed E-state index contributed by atoms with van der Waals surface area (Å²) >= 11 is 1.59. The maximum atomic E-state index is 12.2. The van der Waals surface area contributed by atoms with Crippen LogP contribution in [-0.4, -0.2) is 53.9 Å². The minimum atomic E-state index is -7.43. The Hall–Kier alpha value is -1.87. The van der Waals surface area contributed by atoms with Gasteiger partial charge < -0.3 is 9.29 Å². The molecule has 1 atom stereocenters. The molecule has 4 nitrogen and oxygen atoms in total. The molecule has 15 heteroatoms. The van der Waals surface area contributed by atoms with Crippen molar-refractivity contribution in [3.63, 3.8) is 0 Å². The molecule has 0 radical (unpaired) electrons. The van der Waals surface area contributed by atoms with E-state index >= 15 is 0 Å². The van der Waals surface area contributed by atoms with Gasteiger partial charge in [0.05, 0.1) is 6.10 Å². The highest BCUT2D eigenvalue weighted by atomic mass is 32.2. The Kier molecular flexibility index (Phi) is 8.84. The number of hydrogen-bond donors (Lipinski definition) is 0. The number of thiol groups is 1. The summed E-state index contributed by atoms with van der Waals surface area (Å²) in [5.41, 5.74) is 1.44. The highest BCUT2D eigenvalue weighted by molar-refractivity contribution is 7.86. The van der Waals surface area contributed by atoms with E-state index in [2.05, 4.69) is 50.2 Å². The van der Waals surface area contributed by atoms with Crippen LogP contribution in [0.15, 0.2) is 36.4 Å². The second-order valence-corrected chi connectivity index (χ2v) is 10.8. The highest BCUT2D eigenvalue weighted by Crippen LogP contribution is 2.54. The molecule has 2 aromatic rings. The lowest BCUT2D eigenvalue weighted by molar-refractivity contribution is -0.382. The molecule has 1 fully saturated rings. The third-order valence-electron chi connectivity index (χ3n) is 5.12. The fourth-order valence-corrected chi connectivity index (χ4v) is 5.19. The van der Waals surface area contributed by atoms with Gasteiger partial charge in [0.25, 0.3) is 0 Å². The second kappa shape index (κ2) is 10.5. The van der Waals surface area contributed by atoms with Gasteiger partial charge in [0, 0.05) is 17.9 Å². The van der Waals surface area contributed by atoms with Gasteiger partial charge in [-0.3, -0.25) is 0 Å². The summed E-state index contributed by atoms with van der Waals surface area (Å²) in [6.07, 6.45) is -5.63. The van der Waals surface area contributed by atoms with Crippen LogP contribution in [0.25, 0.3) is 10.8 Å². The molecule has 0 saturated carbocycles. The van der Waals surface area contributed by atoms with Crippen LogP contribution in [0.3, 0.4) is 0 Å². The molecule has 1 aliphatic rings. The Balaban J connectivity index is 0.000000256. The molecule has 1 unspecified atom stereocenters. The molecule has 0 aliphatic carbocycles. The fraction of sp³-hybridized carbons (Fsp3) is 0.524. The first-order chi connectivity index (χ1) is 16.3. The van der Waals surface area contributed by atoms with Gasteiger partial charge in [-0.15, -0.1) is 0 Å². The van der Waals surface area contributed by atoms with Crippen LogP contribution in [0.1, 0.15) is 31.7 Å². The second-order valence-electron chi connectivity index (χ2n) is 8.10. The van der Waals surface area contributed by atoms with Crippen molar-refractivity contribution in [3.8, 4) is 5.75 Å². The number of halogens is 9. The molecule has 1 aliphatic heterocycles. The Morgan fingerprint density at radius 3 is 2.00 bits per heavy atom. The van der Waals surface area contributed by atoms with E-state index in [4.69, 9.17) is 4.74 Å². The van der Waals surface area contributed by atoms with Gasteiger partial charge in [-0.2, -0.15) is 39.5 Å². The quantitative estimate of drug-likeness (QED) is 0.188. The van der Waals surface area contributed by atoms with E-state index in [1.807, 2.05) is 0 Å². The normalized spacial score (nSPS) is 17.8. The van der Waals surface area contributed by atoms with Crippen molar-refractivity contribution in [3.05, 3.63) is 42.0 Å². The van der Waals surface area contributed by atoms with E-state index in [0.29, 0.717) is 5.92 Å². The van der Waals surface area contributed by atoms with Crippen LogP contribution in [0.2, 0.25) is 0 Å². The molecule has 36 heavy (non-hydrogen) atoms. The molecule has 2 aromatic carbocycles. The third-order valence-corrected chi connectivity index (χ3v) is 7.27. The minimum absolute atomic E-state index is 0.235.